The number of hydrogen-bond acceptors (Lipinski definition) is 3. The van der Waals surface area contributed by atoms with Crippen molar-refractivity contribution in [3.8, 4) is 5.75 Å². The van der Waals surface area contributed by atoms with Gasteiger partial charge in [-0.05, 0) is 43.2 Å². The average Bonchev–Trinajstić information content (AvgIpc) is 2.68. The van der Waals surface area contributed by atoms with Crippen molar-refractivity contribution in [2.75, 3.05) is 12.4 Å². The molecular weight excluding hydrogens is 342 g/mol. The van der Waals surface area contributed by atoms with Crippen LogP contribution in [0.4, 0.5) is 10.5 Å². The lowest BCUT2D eigenvalue weighted by Crippen LogP contribution is -2.48. The molecule has 2 aromatic carbocycles. The second-order valence-electron chi connectivity index (χ2n) is 6.31. The lowest BCUT2D eigenvalue weighted by Gasteiger charge is -2.21. The van der Waals surface area contributed by atoms with E-state index in [0.29, 0.717) is 17.9 Å². The Bertz CT molecular complexity index is 732. The van der Waals surface area contributed by atoms with Crippen molar-refractivity contribution in [2.45, 2.75) is 38.8 Å². The van der Waals surface area contributed by atoms with Gasteiger partial charge in [-0.2, -0.15) is 0 Å². The first-order valence-corrected chi connectivity index (χ1v) is 9.10. The molecule has 0 aromatic heterocycles. The van der Waals surface area contributed by atoms with Gasteiger partial charge in [-0.25, -0.2) is 4.79 Å². The molecule has 0 aliphatic rings. The summed E-state index contributed by atoms with van der Waals surface area (Å²) in [5.74, 6) is 0.511. The lowest BCUT2D eigenvalue weighted by molar-refractivity contribution is -0.123. The number of ether oxygens (including phenoxy) is 1. The number of carbonyl (C=O) groups excluding carboxylic acids is 2. The third-order valence-corrected chi connectivity index (χ3v) is 4.21. The van der Waals surface area contributed by atoms with Crippen molar-refractivity contribution >= 4 is 17.6 Å². The average molecular weight is 369 g/mol. The van der Waals surface area contributed by atoms with E-state index in [-0.39, 0.29) is 11.9 Å². The van der Waals surface area contributed by atoms with E-state index < -0.39 is 12.1 Å². The third-order valence-electron chi connectivity index (χ3n) is 4.21. The molecule has 3 N–H and O–H groups in total. The molecule has 0 spiro atoms. The molecule has 27 heavy (non-hydrogen) atoms. The van der Waals surface area contributed by atoms with E-state index in [1.807, 2.05) is 44.2 Å². The first kappa shape index (κ1) is 20.3. The summed E-state index contributed by atoms with van der Waals surface area (Å²) in [4.78, 5) is 24.9. The molecule has 2 rings (SSSR count). The number of hydrogen-bond donors (Lipinski definition) is 3. The Kier molecular flexibility index (Phi) is 7.67. The summed E-state index contributed by atoms with van der Waals surface area (Å²) in [7, 11) is 1.58. The van der Waals surface area contributed by atoms with Crippen LogP contribution in [-0.2, 0) is 4.79 Å². The minimum atomic E-state index is -0.598. The van der Waals surface area contributed by atoms with Gasteiger partial charge in [0.15, 0.2) is 0 Å². The Morgan fingerprint density at radius 1 is 1.00 bits per heavy atom. The zero-order valence-corrected chi connectivity index (χ0v) is 16.0. The summed E-state index contributed by atoms with van der Waals surface area (Å²) in [6, 6.07) is 15.6. The van der Waals surface area contributed by atoms with Gasteiger partial charge >= 0.3 is 6.03 Å². The fourth-order valence-corrected chi connectivity index (χ4v) is 2.70. The Morgan fingerprint density at radius 3 is 2.26 bits per heavy atom. The van der Waals surface area contributed by atoms with Gasteiger partial charge in [0.2, 0.25) is 5.91 Å². The van der Waals surface area contributed by atoms with E-state index in [2.05, 4.69) is 16.0 Å². The number of rotatable bonds is 8. The van der Waals surface area contributed by atoms with Crippen molar-refractivity contribution in [2.24, 2.45) is 0 Å². The molecule has 0 aliphatic carbocycles. The van der Waals surface area contributed by atoms with Crippen LogP contribution in [0.2, 0.25) is 0 Å². The maximum Gasteiger partial charge on any atom is 0.319 e. The Labute approximate surface area is 160 Å². The fourth-order valence-electron chi connectivity index (χ4n) is 2.70. The van der Waals surface area contributed by atoms with Crippen LogP contribution in [0.3, 0.4) is 0 Å². The summed E-state index contributed by atoms with van der Waals surface area (Å²) >= 11 is 0. The highest BCUT2D eigenvalue weighted by Crippen LogP contribution is 2.15. The summed E-state index contributed by atoms with van der Waals surface area (Å²) in [5.41, 5.74) is 1.64. The monoisotopic (exact) mass is 369 g/mol. The van der Waals surface area contributed by atoms with Gasteiger partial charge in [0, 0.05) is 5.69 Å². The van der Waals surface area contributed by atoms with Crippen LogP contribution in [0.5, 0.6) is 5.75 Å². The van der Waals surface area contributed by atoms with Gasteiger partial charge in [-0.15, -0.1) is 0 Å². The third kappa shape index (κ3) is 6.33. The first-order valence-electron chi connectivity index (χ1n) is 9.10. The normalized spacial score (nSPS) is 12.6. The number of anilines is 1. The second kappa shape index (κ2) is 10.2. The number of amides is 3. The molecule has 3 amide bonds. The molecule has 0 bridgehead atoms. The zero-order chi connectivity index (χ0) is 19.6. The lowest BCUT2D eigenvalue weighted by atomic mass is 10.1. The number of urea groups is 1. The molecule has 2 unspecified atom stereocenters. The largest absolute Gasteiger partial charge is 0.497 e. The van der Waals surface area contributed by atoms with Crippen LogP contribution in [0.1, 0.15) is 38.3 Å². The highest BCUT2D eigenvalue weighted by Gasteiger charge is 2.21. The molecule has 144 valence electrons. The number of carbonyl (C=O) groups is 2. The van der Waals surface area contributed by atoms with Crippen LogP contribution in [-0.4, -0.2) is 25.1 Å². The van der Waals surface area contributed by atoms with Gasteiger partial charge in [0.25, 0.3) is 0 Å². The van der Waals surface area contributed by atoms with E-state index in [1.165, 1.54) is 0 Å². The van der Waals surface area contributed by atoms with Crippen LogP contribution < -0.4 is 20.7 Å². The summed E-state index contributed by atoms with van der Waals surface area (Å²) < 4.78 is 5.09. The van der Waals surface area contributed by atoms with Gasteiger partial charge in [-0.1, -0.05) is 43.7 Å². The summed E-state index contributed by atoms with van der Waals surface area (Å²) in [6.07, 6.45) is 1.34. The van der Waals surface area contributed by atoms with Crippen molar-refractivity contribution < 1.29 is 14.3 Å². The van der Waals surface area contributed by atoms with Gasteiger partial charge < -0.3 is 20.7 Å². The molecule has 0 fully saturated rings. The Morgan fingerprint density at radius 2 is 1.67 bits per heavy atom. The number of nitrogens with one attached hydrogen (secondary N) is 3. The van der Waals surface area contributed by atoms with Crippen LogP contribution >= 0.6 is 0 Å². The van der Waals surface area contributed by atoms with Gasteiger partial charge in [0.1, 0.15) is 11.8 Å². The van der Waals surface area contributed by atoms with E-state index in [4.69, 9.17) is 4.74 Å². The molecule has 2 aromatic rings. The summed E-state index contributed by atoms with van der Waals surface area (Å²) in [5, 5.41) is 8.46. The predicted molar refractivity (Wildman–Crippen MR) is 107 cm³/mol. The standard InChI is InChI=1S/C21H27N3O3/c1-4-8-19(20(25)22-15(2)16-9-6-5-7-10-16)24-21(26)23-17-11-13-18(27-3)14-12-17/h5-7,9-15,19H,4,8H2,1-3H3,(H,22,25)(H2,23,24,26). The molecule has 0 saturated heterocycles. The maximum atomic E-state index is 12.6. The van der Waals surface area contributed by atoms with E-state index in [1.54, 1.807) is 31.4 Å². The second-order valence-corrected chi connectivity index (χ2v) is 6.31. The van der Waals surface area contributed by atoms with Gasteiger partial charge in [0.05, 0.1) is 13.2 Å². The highest BCUT2D eigenvalue weighted by molar-refractivity contribution is 5.93. The van der Waals surface area contributed by atoms with E-state index in [0.717, 1.165) is 12.0 Å². The number of benzene rings is 2. The first-order chi connectivity index (χ1) is 13.0. The molecule has 0 saturated carbocycles. The predicted octanol–water partition coefficient (Wildman–Crippen LogP) is 3.86. The SMILES string of the molecule is CCCC(NC(=O)Nc1ccc(OC)cc1)C(=O)NC(C)c1ccccc1. The van der Waals surface area contributed by atoms with E-state index >= 15 is 0 Å². The molecule has 6 heteroatoms. The van der Waals surface area contributed by atoms with Crippen LogP contribution in [0.25, 0.3) is 0 Å². The molecule has 2 atom stereocenters. The Balaban J connectivity index is 1.94. The molecule has 0 heterocycles. The number of methoxy groups -OCH3 is 1. The van der Waals surface area contributed by atoms with E-state index in [9.17, 15) is 9.59 Å². The Hall–Kier alpha value is -3.02. The molecule has 0 radical (unpaired) electrons. The zero-order valence-electron chi connectivity index (χ0n) is 16.0. The van der Waals surface area contributed by atoms with Crippen molar-refractivity contribution in [1.82, 2.24) is 10.6 Å². The quantitative estimate of drug-likeness (QED) is 0.661. The summed E-state index contributed by atoms with van der Waals surface area (Å²) in [6.45, 7) is 3.90. The van der Waals surface area contributed by atoms with Crippen molar-refractivity contribution in [1.29, 1.82) is 0 Å². The minimum Gasteiger partial charge on any atom is -0.497 e. The smallest absolute Gasteiger partial charge is 0.319 e. The van der Waals surface area contributed by atoms with Gasteiger partial charge in [-0.3, -0.25) is 4.79 Å². The highest BCUT2D eigenvalue weighted by atomic mass is 16.5. The minimum absolute atomic E-state index is 0.135. The molecular formula is C21H27N3O3. The molecule has 0 aliphatic heterocycles. The fraction of sp³-hybridized carbons (Fsp3) is 0.333. The van der Waals surface area contributed by atoms with Crippen molar-refractivity contribution in [3.63, 3.8) is 0 Å². The van der Waals surface area contributed by atoms with Crippen LogP contribution in [0, 0.1) is 0 Å². The van der Waals surface area contributed by atoms with Crippen molar-refractivity contribution in [3.05, 3.63) is 60.2 Å². The molecule has 6 nitrogen and oxygen atoms in total. The van der Waals surface area contributed by atoms with Crippen LogP contribution in [0.15, 0.2) is 54.6 Å². The maximum absolute atomic E-state index is 12.6. The topological polar surface area (TPSA) is 79.5 Å².